The summed E-state index contributed by atoms with van der Waals surface area (Å²) in [6, 6.07) is 36.2. The maximum atomic E-state index is 13.9. The number of hydrogen-bond acceptors (Lipinski definition) is 4. The smallest absolute Gasteiger partial charge is 0.269 e. The van der Waals surface area contributed by atoms with Crippen LogP contribution in [-0.2, 0) is 12.0 Å². The standard InChI is InChI=1S/C33H28N2O3/c1-33(28-15-9-4-10-16-28)23-27(18-17-25-11-5-2-6-12-25)31(32(36)26-13-7-3-8-14-26)24-34(33)29-19-21-30(22-20-29)35(37)38/h2-16,18-22,24H,17,23H2,1H3/b27-18+. The van der Waals surface area contributed by atoms with E-state index in [-0.39, 0.29) is 11.5 Å². The van der Waals surface area contributed by atoms with Crippen LogP contribution in [0.2, 0.25) is 0 Å². The first-order valence-electron chi connectivity index (χ1n) is 12.6. The summed E-state index contributed by atoms with van der Waals surface area (Å²) in [5, 5.41) is 11.3. The highest BCUT2D eigenvalue weighted by molar-refractivity contribution is 6.12. The van der Waals surface area contributed by atoms with Crippen LogP contribution in [-0.4, -0.2) is 10.7 Å². The first kappa shape index (κ1) is 24.9. The summed E-state index contributed by atoms with van der Waals surface area (Å²) in [4.78, 5) is 26.8. The van der Waals surface area contributed by atoms with Crippen molar-refractivity contribution in [2.45, 2.75) is 25.3 Å². The number of hydrogen-bond donors (Lipinski definition) is 0. The zero-order valence-electron chi connectivity index (χ0n) is 21.2. The zero-order chi connectivity index (χ0) is 26.5. The van der Waals surface area contributed by atoms with Crippen molar-refractivity contribution in [1.82, 2.24) is 0 Å². The molecule has 5 heteroatoms. The molecule has 0 aromatic heterocycles. The lowest BCUT2D eigenvalue weighted by molar-refractivity contribution is -0.384. The van der Waals surface area contributed by atoms with Crippen LogP contribution >= 0.6 is 0 Å². The van der Waals surface area contributed by atoms with Crippen LogP contribution < -0.4 is 4.90 Å². The number of carbonyl (C=O) groups is 1. The number of allylic oxidation sites excluding steroid dienone is 2. The molecule has 38 heavy (non-hydrogen) atoms. The number of anilines is 1. The third-order valence-corrected chi connectivity index (χ3v) is 7.11. The molecule has 1 atom stereocenters. The molecule has 0 N–H and O–H groups in total. The van der Waals surface area contributed by atoms with Gasteiger partial charge >= 0.3 is 0 Å². The number of rotatable bonds is 7. The Morgan fingerprint density at radius 3 is 2.05 bits per heavy atom. The highest BCUT2D eigenvalue weighted by Crippen LogP contribution is 2.45. The Bertz CT molecular complexity index is 1490. The molecule has 0 saturated carbocycles. The van der Waals surface area contributed by atoms with Gasteiger partial charge < -0.3 is 4.90 Å². The largest absolute Gasteiger partial charge is 0.337 e. The van der Waals surface area contributed by atoms with Crippen molar-refractivity contribution in [2.24, 2.45) is 0 Å². The molecule has 0 aliphatic carbocycles. The number of nitrogens with zero attached hydrogens (tertiary/aromatic N) is 2. The maximum absolute atomic E-state index is 13.9. The Labute approximate surface area is 222 Å². The summed E-state index contributed by atoms with van der Waals surface area (Å²) in [7, 11) is 0. The minimum absolute atomic E-state index is 0.0279. The number of nitro groups is 1. The number of non-ortho nitro benzene ring substituents is 1. The van der Waals surface area contributed by atoms with Gasteiger partial charge in [0, 0.05) is 41.6 Å². The average molecular weight is 501 g/mol. The Hall–Kier alpha value is -4.77. The fourth-order valence-corrected chi connectivity index (χ4v) is 5.03. The molecular formula is C33H28N2O3. The maximum Gasteiger partial charge on any atom is 0.269 e. The van der Waals surface area contributed by atoms with Gasteiger partial charge in [0.15, 0.2) is 5.78 Å². The molecule has 188 valence electrons. The molecule has 4 aromatic carbocycles. The molecule has 4 aromatic rings. The summed E-state index contributed by atoms with van der Waals surface area (Å²) in [6.45, 7) is 2.15. The summed E-state index contributed by atoms with van der Waals surface area (Å²) in [5.41, 5.74) is 4.77. The normalized spacial score (nSPS) is 18.2. The van der Waals surface area contributed by atoms with Gasteiger partial charge in [-0.25, -0.2) is 0 Å². The van der Waals surface area contributed by atoms with E-state index < -0.39 is 10.5 Å². The number of benzene rings is 4. The van der Waals surface area contributed by atoms with E-state index in [9.17, 15) is 14.9 Å². The second-order valence-electron chi connectivity index (χ2n) is 9.62. The second kappa shape index (κ2) is 10.7. The average Bonchev–Trinajstić information content (AvgIpc) is 2.97. The monoisotopic (exact) mass is 500 g/mol. The van der Waals surface area contributed by atoms with Gasteiger partial charge in [-0.3, -0.25) is 14.9 Å². The van der Waals surface area contributed by atoms with E-state index in [0.29, 0.717) is 24.0 Å². The van der Waals surface area contributed by atoms with E-state index in [1.165, 1.54) is 17.7 Å². The van der Waals surface area contributed by atoms with Gasteiger partial charge in [-0.1, -0.05) is 97.1 Å². The van der Waals surface area contributed by atoms with E-state index in [4.69, 9.17) is 0 Å². The first-order valence-corrected chi connectivity index (χ1v) is 12.6. The molecule has 1 heterocycles. The van der Waals surface area contributed by atoms with E-state index in [1.54, 1.807) is 12.1 Å². The van der Waals surface area contributed by atoms with E-state index in [2.05, 4.69) is 42.2 Å². The molecular weight excluding hydrogens is 472 g/mol. The van der Waals surface area contributed by atoms with Crippen LogP contribution in [0.3, 0.4) is 0 Å². The number of ketones is 1. The van der Waals surface area contributed by atoms with Crippen LogP contribution in [0.1, 0.15) is 34.8 Å². The molecule has 1 aliphatic rings. The van der Waals surface area contributed by atoms with Crippen LogP contribution in [0, 0.1) is 10.1 Å². The third-order valence-electron chi connectivity index (χ3n) is 7.11. The van der Waals surface area contributed by atoms with Crippen LogP contribution in [0.4, 0.5) is 11.4 Å². The summed E-state index contributed by atoms with van der Waals surface area (Å²) in [6.07, 6.45) is 5.38. The molecule has 0 bridgehead atoms. The minimum Gasteiger partial charge on any atom is -0.337 e. The van der Waals surface area contributed by atoms with Crippen LogP contribution in [0.25, 0.3) is 0 Å². The highest BCUT2D eigenvalue weighted by atomic mass is 16.6. The molecule has 0 radical (unpaired) electrons. The molecule has 1 unspecified atom stereocenters. The number of nitro benzene ring substituents is 1. The molecule has 5 rings (SSSR count). The lowest BCUT2D eigenvalue weighted by Crippen LogP contribution is -2.44. The van der Waals surface area contributed by atoms with Crippen LogP contribution in [0.15, 0.2) is 139 Å². The number of carbonyl (C=O) groups excluding carboxylic acids is 1. The molecule has 0 spiro atoms. The molecule has 1 aliphatic heterocycles. The summed E-state index contributed by atoms with van der Waals surface area (Å²) < 4.78 is 0. The Balaban J connectivity index is 1.67. The molecule has 0 fully saturated rings. The molecule has 5 nitrogen and oxygen atoms in total. The third kappa shape index (κ3) is 5.04. The summed E-state index contributed by atoms with van der Waals surface area (Å²) >= 11 is 0. The van der Waals surface area contributed by atoms with E-state index in [0.717, 1.165) is 16.8 Å². The van der Waals surface area contributed by atoms with Gasteiger partial charge in [0.1, 0.15) is 0 Å². The SMILES string of the molecule is CC1(c2ccccc2)C/C(=C\Cc2ccccc2)C(C(=O)c2ccccc2)=CN1c1ccc([N+](=O)[O-])cc1. The Morgan fingerprint density at radius 2 is 1.45 bits per heavy atom. The lowest BCUT2D eigenvalue weighted by atomic mass is 9.77. The molecule has 0 amide bonds. The Morgan fingerprint density at radius 1 is 0.868 bits per heavy atom. The minimum atomic E-state index is -0.527. The fourth-order valence-electron chi connectivity index (χ4n) is 5.03. The van der Waals surface area contributed by atoms with Crippen LogP contribution in [0.5, 0.6) is 0 Å². The number of Topliss-reactive ketones (excluding diaryl/α,β-unsaturated/α-hetero) is 1. The van der Waals surface area contributed by atoms with Crippen molar-refractivity contribution in [2.75, 3.05) is 4.90 Å². The van der Waals surface area contributed by atoms with E-state index in [1.807, 2.05) is 72.9 Å². The van der Waals surface area contributed by atoms with Crippen molar-refractivity contribution in [1.29, 1.82) is 0 Å². The van der Waals surface area contributed by atoms with Crippen molar-refractivity contribution < 1.29 is 9.72 Å². The predicted molar refractivity (Wildman–Crippen MR) is 151 cm³/mol. The quantitative estimate of drug-likeness (QED) is 0.148. The first-order chi connectivity index (χ1) is 18.5. The van der Waals surface area contributed by atoms with E-state index >= 15 is 0 Å². The fraction of sp³-hybridized carbons (Fsp3) is 0.121. The second-order valence-corrected chi connectivity index (χ2v) is 9.62. The zero-order valence-corrected chi connectivity index (χ0v) is 21.2. The van der Waals surface area contributed by atoms with Crippen molar-refractivity contribution in [3.05, 3.63) is 165 Å². The van der Waals surface area contributed by atoms with Gasteiger partial charge in [0.05, 0.1) is 10.5 Å². The van der Waals surface area contributed by atoms with Crippen molar-refractivity contribution >= 4 is 17.2 Å². The van der Waals surface area contributed by atoms with Gasteiger partial charge in [0.2, 0.25) is 0 Å². The van der Waals surface area contributed by atoms with Crippen molar-refractivity contribution in [3.63, 3.8) is 0 Å². The van der Waals surface area contributed by atoms with Gasteiger partial charge in [-0.2, -0.15) is 0 Å². The summed E-state index contributed by atoms with van der Waals surface area (Å²) in [5.74, 6) is -0.0491. The highest BCUT2D eigenvalue weighted by Gasteiger charge is 2.40. The topological polar surface area (TPSA) is 63.5 Å². The van der Waals surface area contributed by atoms with Gasteiger partial charge in [-0.15, -0.1) is 0 Å². The van der Waals surface area contributed by atoms with Gasteiger partial charge in [-0.05, 0) is 42.2 Å². The predicted octanol–water partition coefficient (Wildman–Crippen LogP) is 7.66. The Kier molecular flexibility index (Phi) is 7.00. The lowest BCUT2D eigenvalue weighted by Gasteiger charge is -2.46. The molecule has 0 saturated heterocycles. The van der Waals surface area contributed by atoms with Gasteiger partial charge in [0.25, 0.3) is 5.69 Å². The van der Waals surface area contributed by atoms with Crippen molar-refractivity contribution in [3.8, 4) is 0 Å².